The van der Waals surface area contributed by atoms with E-state index in [4.69, 9.17) is 11.6 Å². The molecule has 0 amide bonds. The Hall–Kier alpha value is -2.36. The molecule has 29 heavy (non-hydrogen) atoms. The zero-order valence-electron chi connectivity index (χ0n) is 16.2. The summed E-state index contributed by atoms with van der Waals surface area (Å²) in [4.78, 5) is 14.8. The molecule has 1 aliphatic rings. The first-order valence-electron chi connectivity index (χ1n) is 9.42. The molecule has 1 aromatic carbocycles. The topological polar surface area (TPSA) is 79.9 Å². The average molecular weight is 436 g/mol. The molecule has 0 unspecified atom stereocenters. The van der Waals surface area contributed by atoms with Crippen LogP contribution in [0.25, 0.3) is 5.52 Å². The Morgan fingerprint density at radius 3 is 2.38 bits per heavy atom. The van der Waals surface area contributed by atoms with Gasteiger partial charge < -0.3 is 4.90 Å². The lowest BCUT2D eigenvalue weighted by Crippen LogP contribution is -2.48. The van der Waals surface area contributed by atoms with Gasteiger partial charge in [0.2, 0.25) is 10.0 Å². The Kier molecular flexibility index (Phi) is 5.14. The molecule has 0 spiro atoms. The molecule has 1 aliphatic heterocycles. The fourth-order valence-corrected chi connectivity index (χ4v) is 5.18. The molecule has 0 radical (unpaired) electrons. The molecule has 0 N–H and O–H groups in total. The van der Waals surface area contributed by atoms with Crippen molar-refractivity contribution in [2.75, 3.05) is 31.1 Å². The lowest BCUT2D eigenvalue weighted by molar-refractivity contribution is 0.385. The number of halogens is 1. The number of hydrogen-bond donors (Lipinski definition) is 0. The summed E-state index contributed by atoms with van der Waals surface area (Å²) in [6.07, 6.45) is 1.49. The SMILES string of the molecule is CCn1nc(C)n2cc(S(=O)(=O)N3CCN(c4ccc(Cl)cc4)CC3)cc2c1=O. The van der Waals surface area contributed by atoms with E-state index >= 15 is 0 Å². The van der Waals surface area contributed by atoms with E-state index in [-0.39, 0.29) is 10.5 Å². The molecular weight excluding hydrogens is 414 g/mol. The maximum atomic E-state index is 13.2. The van der Waals surface area contributed by atoms with Gasteiger partial charge in [-0.25, -0.2) is 13.1 Å². The van der Waals surface area contributed by atoms with E-state index in [0.717, 1.165) is 5.69 Å². The number of fused-ring (bicyclic) bond motifs is 1. The van der Waals surface area contributed by atoms with Crippen molar-refractivity contribution in [2.24, 2.45) is 0 Å². The fraction of sp³-hybridized carbons (Fsp3) is 0.368. The summed E-state index contributed by atoms with van der Waals surface area (Å²) in [5.41, 5.74) is 1.03. The van der Waals surface area contributed by atoms with E-state index in [1.54, 1.807) is 11.3 Å². The van der Waals surface area contributed by atoms with E-state index in [1.807, 2.05) is 31.2 Å². The third kappa shape index (κ3) is 3.54. The minimum Gasteiger partial charge on any atom is -0.369 e. The van der Waals surface area contributed by atoms with E-state index in [9.17, 15) is 13.2 Å². The van der Waals surface area contributed by atoms with Crippen LogP contribution in [0.2, 0.25) is 5.02 Å². The van der Waals surface area contributed by atoms with Gasteiger partial charge in [-0.1, -0.05) is 11.6 Å². The molecule has 10 heteroatoms. The number of benzene rings is 1. The molecule has 3 aromatic rings. The van der Waals surface area contributed by atoms with Gasteiger partial charge in [-0.05, 0) is 44.2 Å². The minimum atomic E-state index is -3.70. The van der Waals surface area contributed by atoms with E-state index in [1.165, 1.54) is 21.3 Å². The van der Waals surface area contributed by atoms with E-state index in [2.05, 4.69) is 10.00 Å². The highest BCUT2D eigenvalue weighted by Gasteiger charge is 2.30. The van der Waals surface area contributed by atoms with Crippen molar-refractivity contribution in [1.29, 1.82) is 0 Å². The molecule has 1 fully saturated rings. The Morgan fingerprint density at radius 2 is 1.76 bits per heavy atom. The number of aryl methyl sites for hydroxylation is 2. The second-order valence-corrected chi connectivity index (χ2v) is 9.34. The molecule has 0 atom stereocenters. The number of nitrogens with zero attached hydrogens (tertiary/aromatic N) is 5. The highest BCUT2D eigenvalue weighted by molar-refractivity contribution is 7.89. The number of hydrogen-bond acceptors (Lipinski definition) is 5. The Balaban J connectivity index is 1.59. The van der Waals surface area contributed by atoms with Crippen molar-refractivity contribution in [3.05, 3.63) is 57.7 Å². The first-order chi connectivity index (χ1) is 13.8. The Labute approximate surface area is 174 Å². The summed E-state index contributed by atoms with van der Waals surface area (Å²) < 4.78 is 30.7. The number of anilines is 1. The van der Waals surface area contributed by atoms with Crippen molar-refractivity contribution in [3.8, 4) is 0 Å². The Morgan fingerprint density at radius 1 is 1.10 bits per heavy atom. The smallest absolute Gasteiger partial charge is 0.291 e. The van der Waals surface area contributed by atoms with Gasteiger partial charge in [0.25, 0.3) is 5.56 Å². The van der Waals surface area contributed by atoms with Crippen LogP contribution in [0.5, 0.6) is 0 Å². The number of sulfonamides is 1. The second kappa shape index (κ2) is 7.47. The molecule has 0 bridgehead atoms. The molecule has 8 nitrogen and oxygen atoms in total. The Bertz CT molecular complexity index is 1210. The quantitative estimate of drug-likeness (QED) is 0.626. The van der Waals surface area contributed by atoms with E-state index < -0.39 is 10.0 Å². The van der Waals surface area contributed by atoms with Gasteiger partial charge in [0.1, 0.15) is 16.2 Å². The van der Waals surface area contributed by atoms with Gasteiger partial charge in [0, 0.05) is 49.6 Å². The molecule has 3 heterocycles. The third-order valence-corrected chi connectivity index (χ3v) is 7.35. The molecule has 4 rings (SSSR count). The van der Waals surface area contributed by atoms with E-state index in [0.29, 0.717) is 49.1 Å². The van der Waals surface area contributed by atoms with Gasteiger partial charge in [0.15, 0.2) is 0 Å². The minimum absolute atomic E-state index is 0.119. The van der Waals surface area contributed by atoms with Crippen molar-refractivity contribution in [1.82, 2.24) is 18.5 Å². The van der Waals surface area contributed by atoms with Crippen LogP contribution in [0.1, 0.15) is 12.7 Å². The predicted octanol–water partition coefficient (Wildman–Crippen LogP) is 1.99. The summed E-state index contributed by atoms with van der Waals surface area (Å²) in [5, 5.41) is 4.89. The second-order valence-electron chi connectivity index (χ2n) is 6.97. The number of rotatable bonds is 4. The maximum absolute atomic E-state index is 13.2. The van der Waals surface area contributed by atoms with Crippen LogP contribution in [0, 0.1) is 6.92 Å². The predicted molar refractivity (Wildman–Crippen MR) is 112 cm³/mol. The molecule has 2 aromatic heterocycles. The number of piperazine rings is 1. The molecular formula is C19H22ClN5O3S. The van der Waals surface area contributed by atoms with Crippen LogP contribution in [0.15, 0.2) is 46.2 Å². The summed E-state index contributed by atoms with van der Waals surface area (Å²) in [6, 6.07) is 8.96. The summed E-state index contributed by atoms with van der Waals surface area (Å²) in [7, 11) is -3.70. The standard InChI is InChI=1S/C19H22ClN5O3S/c1-3-25-19(26)18-12-17(13-24(18)14(2)21-25)29(27,28)23-10-8-22(9-11-23)16-6-4-15(20)5-7-16/h4-7,12-13H,3,8-11H2,1-2H3. The van der Waals surface area contributed by atoms with Gasteiger partial charge >= 0.3 is 0 Å². The molecule has 154 valence electrons. The van der Waals surface area contributed by atoms with Gasteiger partial charge in [-0.2, -0.15) is 9.40 Å². The largest absolute Gasteiger partial charge is 0.369 e. The van der Waals surface area contributed by atoms with Crippen molar-refractivity contribution in [2.45, 2.75) is 25.3 Å². The van der Waals surface area contributed by atoms with Crippen molar-refractivity contribution < 1.29 is 8.42 Å². The van der Waals surface area contributed by atoms with Crippen LogP contribution in [0.4, 0.5) is 5.69 Å². The third-order valence-electron chi connectivity index (χ3n) is 5.23. The number of aromatic nitrogens is 3. The highest BCUT2D eigenvalue weighted by atomic mass is 35.5. The highest BCUT2D eigenvalue weighted by Crippen LogP contribution is 2.23. The maximum Gasteiger partial charge on any atom is 0.291 e. The fourth-order valence-electron chi connectivity index (χ4n) is 3.61. The van der Waals surface area contributed by atoms with Crippen LogP contribution >= 0.6 is 11.6 Å². The van der Waals surface area contributed by atoms with Gasteiger partial charge in [-0.3, -0.25) is 9.20 Å². The summed E-state index contributed by atoms with van der Waals surface area (Å²) in [6.45, 7) is 5.90. The van der Waals surface area contributed by atoms with Crippen LogP contribution < -0.4 is 10.5 Å². The summed E-state index contributed by atoms with van der Waals surface area (Å²) >= 11 is 5.94. The van der Waals surface area contributed by atoms with Crippen LogP contribution in [0.3, 0.4) is 0 Å². The first-order valence-corrected chi connectivity index (χ1v) is 11.2. The zero-order valence-corrected chi connectivity index (χ0v) is 17.8. The van der Waals surface area contributed by atoms with Gasteiger partial charge in [0.05, 0.1) is 0 Å². The van der Waals surface area contributed by atoms with Crippen molar-refractivity contribution >= 4 is 32.8 Å². The first kappa shape index (κ1) is 19.9. The molecule has 0 saturated carbocycles. The van der Waals surface area contributed by atoms with Gasteiger partial charge in [-0.15, -0.1) is 0 Å². The normalized spacial score (nSPS) is 15.9. The lowest BCUT2D eigenvalue weighted by Gasteiger charge is -2.35. The summed E-state index contributed by atoms with van der Waals surface area (Å²) in [5.74, 6) is 0.565. The van der Waals surface area contributed by atoms with Crippen molar-refractivity contribution in [3.63, 3.8) is 0 Å². The monoisotopic (exact) mass is 435 g/mol. The lowest BCUT2D eigenvalue weighted by atomic mass is 10.2. The van der Waals surface area contributed by atoms with Crippen LogP contribution in [-0.4, -0.2) is 53.1 Å². The average Bonchev–Trinajstić information content (AvgIpc) is 3.19. The molecule has 0 aliphatic carbocycles. The van der Waals surface area contributed by atoms with Crippen LogP contribution in [-0.2, 0) is 16.6 Å². The zero-order chi connectivity index (χ0) is 20.8. The molecule has 1 saturated heterocycles.